The Kier molecular flexibility index (Phi) is 4.15. The molecule has 3 rings (SSSR count). The van der Waals surface area contributed by atoms with Crippen molar-refractivity contribution in [3.8, 4) is 0 Å². The number of amides is 1. The molecule has 1 amide bonds. The van der Waals surface area contributed by atoms with Crippen LogP contribution >= 0.6 is 0 Å². The molecule has 0 radical (unpaired) electrons. The maximum Gasteiger partial charge on any atom is 0.262 e. The quantitative estimate of drug-likeness (QED) is 0.510. The molecule has 1 aliphatic rings. The molecule has 0 saturated heterocycles. The van der Waals surface area contributed by atoms with Crippen molar-refractivity contribution in [2.24, 2.45) is 0 Å². The number of fused-ring (bicyclic) bond motifs is 1. The number of rotatable bonds is 4. The molecule has 7 nitrogen and oxygen atoms in total. The van der Waals surface area contributed by atoms with Crippen molar-refractivity contribution in [2.75, 3.05) is 17.6 Å². The van der Waals surface area contributed by atoms with Crippen molar-refractivity contribution in [2.45, 2.75) is 38.0 Å². The van der Waals surface area contributed by atoms with Crippen LogP contribution in [-0.4, -0.2) is 27.0 Å². The van der Waals surface area contributed by atoms with Gasteiger partial charge in [0.1, 0.15) is 17.3 Å². The number of nitrogen functional groups attached to an aromatic ring is 1. The Labute approximate surface area is 128 Å². The van der Waals surface area contributed by atoms with Crippen LogP contribution < -0.4 is 16.5 Å². The molecule has 1 fully saturated rings. The Morgan fingerprint density at radius 2 is 2.14 bits per heavy atom. The van der Waals surface area contributed by atoms with Crippen LogP contribution in [0.25, 0.3) is 5.65 Å². The largest absolute Gasteiger partial charge is 0.385 e. The van der Waals surface area contributed by atoms with Crippen molar-refractivity contribution < 1.29 is 10.0 Å². The number of nitrogens with zero attached hydrogens (tertiary/aromatic N) is 2. The minimum absolute atomic E-state index is 0.0278. The molecule has 5 N–H and O–H groups in total. The molecule has 118 valence electrons. The van der Waals surface area contributed by atoms with E-state index in [2.05, 4.69) is 10.3 Å². The number of hydrogen-bond donors (Lipinski definition) is 4. The summed E-state index contributed by atoms with van der Waals surface area (Å²) in [6, 6.07) is 5.62. The summed E-state index contributed by atoms with van der Waals surface area (Å²) in [5, 5.41) is 11.6. The summed E-state index contributed by atoms with van der Waals surface area (Å²) in [4.78, 5) is 15.8. The summed E-state index contributed by atoms with van der Waals surface area (Å²) in [7, 11) is 0. The summed E-state index contributed by atoms with van der Waals surface area (Å²) in [6.07, 6.45) is 5.85. The lowest BCUT2D eigenvalue weighted by Crippen LogP contribution is -2.27. The molecule has 22 heavy (non-hydrogen) atoms. The Morgan fingerprint density at radius 3 is 2.86 bits per heavy atom. The van der Waals surface area contributed by atoms with Gasteiger partial charge in [0.25, 0.3) is 5.91 Å². The fraction of sp³-hybridized carbons (Fsp3) is 0.467. The number of pyridine rings is 1. The van der Waals surface area contributed by atoms with Gasteiger partial charge in [-0.3, -0.25) is 14.4 Å². The van der Waals surface area contributed by atoms with Gasteiger partial charge >= 0.3 is 0 Å². The highest BCUT2D eigenvalue weighted by Gasteiger charge is 2.24. The van der Waals surface area contributed by atoms with E-state index in [0.717, 1.165) is 24.2 Å². The number of carbonyl (C=O) groups excluding carboxylic acids is 1. The third-order valence-electron chi connectivity index (χ3n) is 4.24. The highest BCUT2D eigenvalue weighted by Crippen LogP contribution is 2.37. The number of nitrogens with two attached hydrogens (primary N) is 1. The minimum Gasteiger partial charge on any atom is -0.385 e. The zero-order valence-electron chi connectivity index (χ0n) is 12.4. The molecule has 0 bridgehead atoms. The second-order valence-corrected chi connectivity index (χ2v) is 5.71. The molecule has 1 saturated carbocycles. The SMILES string of the molecule is Nc1cccc2nc(NCC(=O)NO)c(C3CCCCC3)n12. The fourth-order valence-corrected chi connectivity index (χ4v) is 3.23. The van der Waals surface area contributed by atoms with Gasteiger partial charge in [0, 0.05) is 5.92 Å². The van der Waals surface area contributed by atoms with Gasteiger partial charge in [0.2, 0.25) is 0 Å². The molecular formula is C15H21N5O2. The van der Waals surface area contributed by atoms with E-state index in [0.29, 0.717) is 17.6 Å². The lowest BCUT2D eigenvalue weighted by Gasteiger charge is -2.23. The first-order chi connectivity index (χ1) is 10.7. The summed E-state index contributed by atoms with van der Waals surface area (Å²) < 4.78 is 1.97. The van der Waals surface area contributed by atoms with Crippen molar-refractivity contribution in [3.05, 3.63) is 23.9 Å². The normalized spacial score (nSPS) is 15.9. The Hall–Kier alpha value is -2.28. The number of anilines is 2. The molecule has 1 aliphatic carbocycles. The molecular weight excluding hydrogens is 282 g/mol. The van der Waals surface area contributed by atoms with Crippen LogP contribution in [0.4, 0.5) is 11.6 Å². The van der Waals surface area contributed by atoms with E-state index < -0.39 is 5.91 Å². The Bertz CT molecular complexity index is 676. The van der Waals surface area contributed by atoms with Crippen molar-refractivity contribution >= 4 is 23.2 Å². The predicted octanol–water partition coefficient (Wildman–Crippen LogP) is 1.88. The number of aromatic nitrogens is 2. The molecule has 0 unspecified atom stereocenters. The summed E-state index contributed by atoms with van der Waals surface area (Å²) >= 11 is 0. The van der Waals surface area contributed by atoms with E-state index >= 15 is 0 Å². The van der Waals surface area contributed by atoms with Gasteiger partial charge in [-0.2, -0.15) is 0 Å². The highest BCUT2D eigenvalue weighted by molar-refractivity contribution is 5.79. The number of nitrogens with one attached hydrogen (secondary N) is 2. The van der Waals surface area contributed by atoms with Crippen LogP contribution in [0, 0.1) is 0 Å². The van der Waals surface area contributed by atoms with Crippen molar-refractivity contribution in [1.82, 2.24) is 14.9 Å². The van der Waals surface area contributed by atoms with Gasteiger partial charge in [-0.05, 0) is 25.0 Å². The van der Waals surface area contributed by atoms with Crippen molar-refractivity contribution in [3.63, 3.8) is 0 Å². The summed E-state index contributed by atoms with van der Waals surface area (Å²) in [5.41, 5.74) is 9.56. The molecule has 2 heterocycles. The van der Waals surface area contributed by atoms with Gasteiger partial charge in [-0.15, -0.1) is 0 Å². The van der Waals surface area contributed by atoms with Crippen LogP contribution in [0.1, 0.15) is 43.7 Å². The summed E-state index contributed by atoms with van der Waals surface area (Å²) in [6.45, 7) is -0.0278. The first kappa shape index (κ1) is 14.6. The number of hydroxylamine groups is 1. The van der Waals surface area contributed by atoms with E-state index in [1.807, 2.05) is 22.6 Å². The standard InChI is InChI=1S/C15H21N5O2/c16-11-7-4-8-12-18-15(17-9-13(21)19-22)14(20(11)12)10-5-2-1-3-6-10/h4,7-8,10,17,22H,1-3,5-6,9,16H2,(H,19,21). The smallest absolute Gasteiger partial charge is 0.262 e. The van der Waals surface area contributed by atoms with Crippen LogP contribution in [0.5, 0.6) is 0 Å². The van der Waals surface area contributed by atoms with Gasteiger partial charge in [-0.25, -0.2) is 10.5 Å². The van der Waals surface area contributed by atoms with Crippen molar-refractivity contribution in [1.29, 1.82) is 0 Å². The Balaban J connectivity index is 2.01. The van der Waals surface area contributed by atoms with E-state index in [1.54, 1.807) is 5.48 Å². The zero-order chi connectivity index (χ0) is 15.5. The molecule has 0 spiro atoms. The van der Waals surface area contributed by atoms with Crippen LogP contribution in [0.3, 0.4) is 0 Å². The molecule has 2 aromatic rings. The lowest BCUT2D eigenvalue weighted by molar-refractivity contribution is -0.127. The second-order valence-electron chi connectivity index (χ2n) is 5.71. The topological polar surface area (TPSA) is 105 Å². The van der Waals surface area contributed by atoms with Gasteiger partial charge in [-0.1, -0.05) is 25.3 Å². The second kappa shape index (κ2) is 6.23. The molecule has 0 atom stereocenters. The molecule has 0 aromatic carbocycles. The highest BCUT2D eigenvalue weighted by atomic mass is 16.5. The third kappa shape index (κ3) is 2.71. The van der Waals surface area contributed by atoms with E-state index in [-0.39, 0.29) is 6.54 Å². The van der Waals surface area contributed by atoms with Crippen LogP contribution in [0.15, 0.2) is 18.2 Å². The van der Waals surface area contributed by atoms with Gasteiger partial charge in [0.05, 0.1) is 12.2 Å². The first-order valence-corrected chi connectivity index (χ1v) is 7.64. The minimum atomic E-state index is -0.500. The first-order valence-electron chi connectivity index (χ1n) is 7.64. The number of imidazole rings is 1. The lowest BCUT2D eigenvalue weighted by atomic mass is 9.86. The van der Waals surface area contributed by atoms with E-state index in [1.165, 1.54) is 19.3 Å². The van der Waals surface area contributed by atoms with E-state index in [9.17, 15) is 4.79 Å². The zero-order valence-corrected chi connectivity index (χ0v) is 12.4. The maximum absolute atomic E-state index is 11.3. The van der Waals surface area contributed by atoms with Gasteiger partial charge in [0.15, 0.2) is 0 Å². The fourth-order valence-electron chi connectivity index (χ4n) is 3.23. The predicted molar refractivity (Wildman–Crippen MR) is 83.8 cm³/mol. The Morgan fingerprint density at radius 1 is 1.36 bits per heavy atom. The maximum atomic E-state index is 11.3. The third-order valence-corrected chi connectivity index (χ3v) is 4.24. The van der Waals surface area contributed by atoms with Crippen LogP contribution in [0.2, 0.25) is 0 Å². The molecule has 0 aliphatic heterocycles. The molecule has 2 aromatic heterocycles. The average molecular weight is 303 g/mol. The average Bonchev–Trinajstić information content (AvgIpc) is 2.93. The number of carbonyl (C=O) groups is 1. The summed E-state index contributed by atoms with van der Waals surface area (Å²) in [5.74, 6) is 1.20. The van der Waals surface area contributed by atoms with Crippen LogP contribution in [-0.2, 0) is 4.79 Å². The number of hydrogen-bond acceptors (Lipinski definition) is 5. The van der Waals surface area contributed by atoms with E-state index in [4.69, 9.17) is 10.9 Å². The molecule has 7 heteroatoms. The van der Waals surface area contributed by atoms with Gasteiger partial charge < -0.3 is 11.1 Å². The monoisotopic (exact) mass is 303 g/mol.